The topological polar surface area (TPSA) is 57.0 Å². The summed E-state index contributed by atoms with van der Waals surface area (Å²) in [7, 11) is 0. The van der Waals surface area contributed by atoms with Gasteiger partial charge in [0.05, 0.1) is 5.39 Å². The Hall–Kier alpha value is -2.69. The van der Waals surface area contributed by atoms with Crippen LogP contribution in [0, 0.1) is 13.8 Å². The van der Waals surface area contributed by atoms with E-state index in [1.54, 1.807) is 12.1 Å². The highest BCUT2D eigenvalue weighted by molar-refractivity contribution is 5.76. The van der Waals surface area contributed by atoms with Crippen LogP contribution in [0.15, 0.2) is 47.3 Å². The molecule has 0 aliphatic rings. The molecule has 21 heavy (non-hydrogen) atoms. The van der Waals surface area contributed by atoms with Crippen LogP contribution in [0.4, 0.5) is 0 Å². The molecule has 0 atom stereocenters. The van der Waals surface area contributed by atoms with Crippen molar-refractivity contribution in [3.63, 3.8) is 0 Å². The van der Waals surface area contributed by atoms with Crippen LogP contribution in [0.5, 0.6) is 5.75 Å². The summed E-state index contributed by atoms with van der Waals surface area (Å²) < 4.78 is 6.97. The number of aromatic nitrogens is 3. The average molecular weight is 281 g/mol. The van der Waals surface area contributed by atoms with Gasteiger partial charge in [-0.15, -0.1) is 5.10 Å². The van der Waals surface area contributed by atoms with Gasteiger partial charge in [-0.3, -0.25) is 4.79 Å². The zero-order valence-electron chi connectivity index (χ0n) is 11.9. The molecule has 0 saturated heterocycles. The van der Waals surface area contributed by atoms with Crippen LogP contribution in [0.2, 0.25) is 0 Å². The van der Waals surface area contributed by atoms with Gasteiger partial charge >= 0.3 is 0 Å². The third-order valence-corrected chi connectivity index (χ3v) is 3.37. The summed E-state index contributed by atoms with van der Waals surface area (Å²) >= 11 is 0. The largest absolute Gasteiger partial charge is 0.470 e. The lowest BCUT2D eigenvalue weighted by Crippen LogP contribution is -2.26. The van der Waals surface area contributed by atoms with Crippen LogP contribution in [-0.2, 0) is 6.73 Å². The van der Waals surface area contributed by atoms with Crippen molar-refractivity contribution < 1.29 is 4.74 Å². The van der Waals surface area contributed by atoms with Gasteiger partial charge in [0.25, 0.3) is 5.56 Å². The van der Waals surface area contributed by atoms with E-state index >= 15 is 0 Å². The lowest BCUT2D eigenvalue weighted by atomic mass is 10.1. The third kappa shape index (κ3) is 2.50. The molecule has 0 aliphatic carbocycles. The number of rotatable bonds is 3. The lowest BCUT2D eigenvalue weighted by Gasteiger charge is -2.12. The summed E-state index contributed by atoms with van der Waals surface area (Å²) in [6.45, 7) is 3.98. The summed E-state index contributed by atoms with van der Waals surface area (Å²) in [4.78, 5) is 12.3. The fourth-order valence-corrected chi connectivity index (χ4v) is 2.26. The molecular weight excluding hydrogens is 266 g/mol. The highest BCUT2D eigenvalue weighted by atomic mass is 16.5. The van der Waals surface area contributed by atoms with Gasteiger partial charge in [0.15, 0.2) is 6.73 Å². The van der Waals surface area contributed by atoms with E-state index in [1.165, 1.54) is 4.68 Å². The first-order valence-corrected chi connectivity index (χ1v) is 6.68. The Labute approximate surface area is 121 Å². The van der Waals surface area contributed by atoms with Gasteiger partial charge in [-0.1, -0.05) is 35.5 Å². The molecule has 0 spiro atoms. The first-order valence-electron chi connectivity index (χ1n) is 6.68. The molecule has 1 aromatic heterocycles. The number of ether oxygens (including phenoxy) is 1. The molecular formula is C16H15N3O2. The first-order chi connectivity index (χ1) is 10.2. The van der Waals surface area contributed by atoms with E-state index in [2.05, 4.69) is 10.3 Å². The molecule has 0 radical (unpaired) electrons. The van der Waals surface area contributed by atoms with Crippen LogP contribution >= 0.6 is 0 Å². The lowest BCUT2D eigenvalue weighted by molar-refractivity contribution is 0.208. The molecule has 0 amide bonds. The van der Waals surface area contributed by atoms with Crippen molar-refractivity contribution in [2.24, 2.45) is 0 Å². The van der Waals surface area contributed by atoms with Crippen LogP contribution in [0.3, 0.4) is 0 Å². The molecule has 0 unspecified atom stereocenters. The van der Waals surface area contributed by atoms with Crippen molar-refractivity contribution in [2.75, 3.05) is 0 Å². The van der Waals surface area contributed by atoms with Gasteiger partial charge in [0, 0.05) is 0 Å². The molecule has 0 fully saturated rings. The Morgan fingerprint density at radius 1 is 1.05 bits per heavy atom. The van der Waals surface area contributed by atoms with Crippen LogP contribution in [0.1, 0.15) is 11.1 Å². The van der Waals surface area contributed by atoms with Gasteiger partial charge < -0.3 is 4.74 Å². The summed E-state index contributed by atoms with van der Waals surface area (Å²) in [5, 5.41) is 8.48. The summed E-state index contributed by atoms with van der Waals surface area (Å²) in [6.07, 6.45) is 0. The van der Waals surface area contributed by atoms with Crippen LogP contribution in [-0.4, -0.2) is 15.0 Å². The highest BCUT2D eigenvalue weighted by Gasteiger charge is 2.07. The van der Waals surface area contributed by atoms with E-state index in [0.717, 1.165) is 16.9 Å². The number of benzene rings is 2. The normalized spacial score (nSPS) is 10.8. The molecule has 1 heterocycles. The fraction of sp³-hybridized carbons (Fsp3) is 0.188. The fourth-order valence-electron chi connectivity index (χ4n) is 2.26. The number of para-hydroxylation sites is 1. The van der Waals surface area contributed by atoms with Crippen LogP contribution in [0.25, 0.3) is 10.9 Å². The molecule has 0 N–H and O–H groups in total. The Morgan fingerprint density at radius 3 is 2.52 bits per heavy atom. The van der Waals surface area contributed by atoms with Gasteiger partial charge in [0.2, 0.25) is 0 Å². The Balaban J connectivity index is 1.93. The molecule has 0 bridgehead atoms. The number of fused-ring (bicyclic) bond motifs is 1. The van der Waals surface area contributed by atoms with Crippen molar-refractivity contribution in [3.05, 3.63) is 63.9 Å². The molecule has 106 valence electrons. The minimum absolute atomic E-state index is 0.0440. The summed E-state index contributed by atoms with van der Waals surface area (Å²) in [5.74, 6) is 0.777. The van der Waals surface area contributed by atoms with E-state index in [9.17, 15) is 4.79 Å². The van der Waals surface area contributed by atoms with Gasteiger partial charge in [-0.2, -0.15) is 4.68 Å². The molecule has 0 aliphatic heterocycles. The zero-order chi connectivity index (χ0) is 14.8. The van der Waals surface area contributed by atoms with E-state index in [-0.39, 0.29) is 12.3 Å². The smallest absolute Gasteiger partial charge is 0.280 e. The number of hydrogen-bond acceptors (Lipinski definition) is 4. The van der Waals surface area contributed by atoms with Crippen molar-refractivity contribution in [3.8, 4) is 5.75 Å². The number of aryl methyl sites for hydroxylation is 2. The molecule has 3 rings (SSSR count). The van der Waals surface area contributed by atoms with E-state index < -0.39 is 0 Å². The SMILES string of the molecule is Cc1cccc(C)c1OCn1nnc2ccccc2c1=O. The molecule has 5 nitrogen and oxygen atoms in total. The quantitative estimate of drug-likeness (QED) is 0.740. The van der Waals surface area contributed by atoms with E-state index in [4.69, 9.17) is 4.74 Å². The predicted octanol–water partition coefficient (Wildman–Crippen LogP) is 2.44. The van der Waals surface area contributed by atoms with Crippen molar-refractivity contribution in [1.29, 1.82) is 0 Å². The van der Waals surface area contributed by atoms with Crippen LogP contribution < -0.4 is 10.3 Å². The second-order valence-corrected chi connectivity index (χ2v) is 4.91. The van der Waals surface area contributed by atoms with Crippen molar-refractivity contribution >= 4 is 10.9 Å². The van der Waals surface area contributed by atoms with Gasteiger partial charge in [-0.25, -0.2) is 0 Å². The Bertz CT molecular complexity index is 835. The minimum atomic E-state index is -0.202. The maximum absolute atomic E-state index is 12.3. The van der Waals surface area contributed by atoms with Gasteiger partial charge in [-0.05, 0) is 37.1 Å². The molecule has 2 aromatic carbocycles. The van der Waals surface area contributed by atoms with E-state index in [1.807, 2.05) is 44.2 Å². The third-order valence-electron chi connectivity index (χ3n) is 3.37. The standard InChI is InChI=1S/C16H15N3O2/c1-11-6-5-7-12(2)15(11)21-10-19-16(20)13-8-3-4-9-14(13)17-18-19/h3-9H,10H2,1-2H3. The van der Waals surface area contributed by atoms with Crippen molar-refractivity contribution in [1.82, 2.24) is 15.0 Å². The zero-order valence-corrected chi connectivity index (χ0v) is 11.9. The van der Waals surface area contributed by atoms with Crippen molar-refractivity contribution in [2.45, 2.75) is 20.6 Å². The number of hydrogen-bond donors (Lipinski definition) is 0. The summed E-state index contributed by atoms with van der Waals surface area (Å²) in [5.41, 5.74) is 2.44. The Morgan fingerprint density at radius 2 is 1.76 bits per heavy atom. The number of nitrogens with zero attached hydrogens (tertiary/aromatic N) is 3. The van der Waals surface area contributed by atoms with E-state index in [0.29, 0.717) is 10.9 Å². The first kappa shape index (κ1) is 13.3. The maximum atomic E-state index is 12.3. The second-order valence-electron chi connectivity index (χ2n) is 4.91. The second kappa shape index (κ2) is 5.36. The Kier molecular flexibility index (Phi) is 3.39. The monoisotopic (exact) mass is 281 g/mol. The molecule has 5 heteroatoms. The molecule has 3 aromatic rings. The average Bonchev–Trinajstić information content (AvgIpc) is 2.49. The maximum Gasteiger partial charge on any atom is 0.280 e. The minimum Gasteiger partial charge on any atom is -0.470 e. The van der Waals surface area contributed by atoms with Gasteiger partial charge in [0.1, 0.15) is 11.3 Å². The predicted molar refractivity (Wildman–Crippen MR) is 80.3 cm³/mol. The highest BCUT2D eigenvalue weighted by Crippen LogP contribution is 2.22. The molecule has 0 saturated carbocycles. The summed E-state index contributed by atoms with van der Waals surface area (Å²) in [6, 6.07) is 13.0.